The molecule has 0 aromatic heterocycles. The van der Waals surface area contributed by atoms with Crippen molar-refractivity contribution in [3.05, 3.63) is 97.2 Å². The van der Waals surface area contributed by atoms with E-state index in [1.807, 2.05) is 12.2 Å². The third-order valence-corrected chi connectivity index (χ3v) is 10.4. The molecule has 12 nitrogen and oxygen atoms in total. The minimum absolute atomic E-state index is 0.109. The molecule has 4 N–H and O–H groups in total. The van der Waals surface area contributed by atoms with E-state index < -0.39 is 71.2 Å². The van der Waals surface area contributed by atoms with Crippen molar-refractivity contribution in [1.29, 1.82) is 0 Å². The van der Waals surface area contributed by atoms with Gasteiger partial charge in [-0.15, -0.1) is 0 Å². The van der Waals surface area contributed by atoms with Crippen LogP contribution in [0.4, 0.5) is 0 Å². The van der Waals surface area contributed by atoms with Crippen LogP contribution < -0.4 is 0 Å². The molecule has 13 heteroatoms. The Hall–Kier alpha value is -3.43. The van der Waals surface area contributed by atoms with Gasteiger partial charge in [-0.05, 0) is 89.9 Å². The molecule has 0 radical (unpaired) electrons. The molecule has 1 aliphatic heterocycles. The number of aliphatic hydroxyl groups excluding tert-OH is 3. The van der Waals surface area contributed by atoms with Gasteiger partial charge in [-0.25, -0.2) is 0 Å². The zero-order valence-electron chi connectivity index (χ0n) is 37.4. The van der Waals surface area contributed by atoms with E-state index in [9.17, 15) is 37.9 Å². The van der Waals surface area contributed by atoms with Gasteiger partial charge in [0.15, 0.2) is 12.4 Å². The summed E-state index contributed by atoms with van der Waals surface area (Å²) in [5, 5.41) is 30.9. The first kappa shape index (κ1) is 56.6. The van der Waals surface area contributed by atoms with Gasteiger partial charge in [0, 0.05) is 12.8 Å². The van der Waals surface area contributed by atoms with Gasteiger partial charge in [0.25, 0.3) is 10.1 Å². The lowest BCUT2D eigenvalue weighted by molar-refractivity contribution is -0.297. The van der Waals surface area contributed by atoms with Crippen LogP contribution in [0.1, 0.15) is 142 Å². The summed E-state index contributed by atoms with van der Waals surface area (Å²) in [6, 6.07) is 0. The Morgan fingerprint density at radius 3 is 1.52 bits per heavy atom. The van der Waals surface area contributed by atoms with E-state index in [1.54, 1.807) is 0 Å². The molecule has 62 heavy (non-hydrogen) atoms. The molecule has 1 aliphatic rings. The van der Waals surface area contributed by atoms with Gasteiger partial charge in [-0.3, -0.25) is 14.1 Å². The Morgan fingerprint density at radius 1 is 0.548 bits per heavy atom. The Balaban J connectivity index is 2.53. The highest BCUT2D eigenvalue weighted by molar-refractivity contribution is 7.85. The zero-order valence-corrected chi connectivity index (χ0v) is 38.2. The number of carbonyl (C=O) groups excluding carboxylic acids is 2. The molecule has 0 aliphatic carbocycles. The Morgan fingerprint density at radius 2 is 1.02 bits per heavy atom. The van der Waals surface area contributed by atoms with E-state index in [4.69, 9.17) is 18.9 Å². The van der Waals surface area contributed by atoms with Crippen LogP contribution in [0.15, 0.2) is 97.2 Å². The molecule has 352 valence electrons. The van der Waals surface area contributed by atoms with Crippen molar-refractivity contribution in [3.8, 4) is 0 Å². The fourth-order valence-electron chi connectivity index (χ4n) is 6.07. The third-order valence-electron chi connectivity index (χ3n) is 9.62. The standard InChI is InChI=1S/C49H78O12S/c1-3-5-7-9-11-13-15-17-19-21-23-25-27-29-31-33-35-37-44(50)58-39-42(40-59-49-48(54)47(53)46(52)43(61-49)41-62(55,56)57)60-45(51)38-36-34-32-30-28-26-24-22-20-18-16-14-12-10-8-6-4-2/h8,10-11,13-14,16-17,19-20,22-23,25-26,28-29,31,42-43,46-49,52-54H,3-7,9,12,15,18,21,24,27,30,32-41H2,1-2H3,(H,55,56,57)/b10-8+,13-11+,16-14+,19-17+,22-20+,25-23+,28-26+,31-29+/t42-,43-,46-,47?,48?,49+/m1/s1. The van der Waals surface area contributed by atoms with Crippen LogP contribution in [0.25, 0.3) is 0 Å². The highest BCUT2D eigenvalue weighted by Gasteiger charge is 2.46. The van der Waals surface area contributed by atoms with Crippen LogP contribution in [-0.4, -0.2) is 96.0 Å². The lowest BCUT2D eigenvalue weighted by atomic mass is 10.00. The zero-order chi connectivity index (χ0) is 45.5. The van der Waals surface area contributed by atoms with Gasteiger partial charge >= 0.3 is 11.9 Å². The largest absolute Gasteiger partial charge is 0.462 e. The molecule has 2 unspecified atom stereocenters. The number of hydrogen-bond donors (Lipinski definition) is 4. The first-order valence-corrected chi connectivity index (χ1v) is 24.4. The summed E-state index contributed by atoms with van der Waals surface area (Å²) in [6.07, 6.45) is 41.7. The predicted molar refractivity (Wildman–Crippen MR) is 247 cm³/mol. The summed E-state index contributed by atoms with van der Waals surface area (Å²) in [5.41, 5.74) is 0. The van der Waals surface area contributed by atoms with Crippen LogP contribution in [0, 0.1) is 0 Å². The average molecular weight is 891 g/mol. The molecule has 0 saturated carbocycles. The highest BCUT2D eigenvalue weighted by atomic mass is 32.2. The summed E-state index contributed by atoms with van der Waals surface area (Å²) in [5.74, 6) is -2.11. The Bertz CT molecular complexity index is 1510. The number of allylic oxidation sites excluding steroid dienone is 16. The minimum Gasteiger partial charge on any atom is -0.462 e. The van der Waals surface area contributed by atoms with Gasteiger partial charge in [0.1, 0.15) is 36.8 Å². The molecular weight excluding hydrogens is 813 g/mol. The van der Waals surface area contributed by atoms with E-state index in [0.717, 1.165) is 70.6 Å². The fourth-order valence-corrected chi connectivity index (χ4v) is 6.76. The van der Waals surface area contributed by atoms with Crippen molar-refractivity contribution in [3.63, 3.8) is 0 Å². The number of hydrogen-bond acceptors (Lipinski definition) is 11. The molecule has 1 rings (SSSR count). The summed E-state index contributed by atoms with van der Waals surface area (Å²) >= 11 is 0. The summed E-state index contributed by atoms with van der Waals surface area (Å²) in [6.45, 7) is 3.57. The van der Waals surface area contributed by atoms with E-state index >= 15 is 0 Å². The maximum absolute atomic E-state index is 12.8. The van der Waals surface area contributed by atoms with Crippen LogP contribution >= 0.6 is 0 Å². The first-order valence-electron chi connectivity index (χ1n) is 22.8. The van der Waals surface area contributed by atoms with Crippen LogP contribution in [0.5, 0.6) is 0 Å². The molecule has 0 bridgehead atoms. The van der Waals surface area contributed by atoms with Crippen molar-refractivity contribution in [1.82, 2.24) is 0 Å². The van der Waals surface area contributed by atoms with Gasteiger partial charge in [0.05, 0.1) is 6.61 Å². The fraction of sp³-hybridized carbons (Fsp3) is 0.633. The summed E-state index contributed by atoms with van der Waals surface area (Å²) < 4.78 is 54.0. The summed E-state index contributed by atoms with van der Waals surface area (Å²) in [4.78, 5) is 25.4. The van der Waals surface area contributed by atoms with E-state index in [1.165, 1.54) is 25.7 Å². The number of carbonyl (C=O) groups is 2. The van der Waals surface area contributed by atoms with E-state index in [0.29, 0.717) is 19.3 Å². The Kier molecular flexibility index (Phi) is 34.7. The molecule has 0 aromatic carbocycles. The molecule has 1 heterocycles. The van der Waals surface area contributed by atoms with Gasteiger partial charge in [0.2, 0.25) is 0 Å². The molecule has 0 aromatic rings. The normalized spacial score (nSPS) is 20.8. The average Bonchev–Trinajstić information content (AvgIpc) is 3.24. The monoisotopic (exact) mass is 891 g/mol. The molecule has 1 saturated heterocycles. The minimum atomic E-state index is -4.62. The van der Waals surface area contributed by atoms with Crippen molar-refractivity contribution < 1.29 is 56.8 Å². The number of aliphatic hydroxyl groups is 3. The SMILES string of the molecule is CCC/C=C/C/C=C/C/C=C/C/C=C/CCCCCC(=O)O[C@H](COC(=O)CCC/C=C/C/C=C/C/C=C/C/C=C/CCCCC)CO[C@H]1O[C@H](CS(=O)(=O)O)[C@@H](O)C(O)C1O. The second-order valence-electron chi connectivity index (χ2n) is 15.4. The third kappa shape index (κ3) is 32.3. The lowest BCUT2D eigenvalue weighted by Gasteiger charge is -2.40. The van der Waals surface area contributed by atoms with Gasteiger partial charge < -0.3 is 34.3 Å². The number of unbranched alkanes of at least 4 members (excludes halogenated alkanes) is 8. The number of esters is 2. The topological polar surface area (TPSA) is 186 Å². The molecule has 0 amide bonds. The predicted octanol–water partition coefficient (Wildman–Crippen LogP) is 9.44. The second-order valence-corrected chi connectivity index (χ2v) is 16.9. The van der Waals surface area contributed by atoms with Crippen LogP contribution in [0.3, 0.4) is 0 Å². The van der Waals surface area contributed by atoms with Crippen molar-refractivity contribution >= 4 is 22.1 Å². The maximum atomic E-state index is 12.8. The van der Waals surface area contributed by atoms with Crippen molar-refractivity contribution in [2.45, 2.75) is 179 Å². The van der Waals surface area contributed by atoms with Gasteiger partial charge in [-0.2, -0.15) is 8.42 Å². The highest BCUT2D eigenvalue weighted by Crippen LogP contribution is 2.24. The van der Waals surface area contributed by atoms with Crippen LogP contribution in [-0.2, 0) is 38.7 Å². The molecule has 1 fully saturated rings. The molecule has 6 atom stereocenters. The quantitative estimate of drug-likeness (QED) is 0.0202. The summed E-state index contributed by atoms with van der Waals surface area (Å²) in [7, 11) is -4.62. The molecule has 0 spiro atoms. The van der Waals surface area contributed by atoms with Crippen molar-refractivity contribution in [2.24, 2.45) is 0 Å². The van der Waals surface area contributed by atoms with E-state index in [-0.39, 0.29) is 19.4 Å². The lowest BCUT2D eigenvalue weighted by Crippen LogP contribution is -2.60. The smallest absolute Gasteiger partial charge is 0.306 e. The number of rotatable bonds is 36. The van der Waals surface area contributed by atoms with E-state index in [2.05, 4.69) is 98.9 Å². The van der Waals surface area contributed by atoms with Crippen LogP contribution in [0.2, 0.25) is 0 Å². The molecular formula is C49H78O12S. The first-order chi connectivity index (χ1) is 30.0. The maximum Gasteiger partial charge on any atom is 0.306 e. The van der Waals surface area contributed by atoms with Crippen molar-refractivity contribution in [2.75, 3.05) is 19.0 Å². The second kappa shape index (κ2) is 38.1. The Labute approximate surface area is 373 Å². The number of ether oxygens (including phenoxy) is 4. The van der Waals surface area contributed by atoms with Gasteiger partial charge in [-0.1, -0.05) is 137 Å².